The minimum Gasteiger partial charge on any atom is -0.462 e. The van der Waals surface area contributed by atoms with Gasteiger partial charge in [-0.2, -0.15) is 0 Å². The monoisotopic (exact) mass is 480 g/mol. The fourth-order valence-corrected chi connectivity index (χ4v) is 3.24. The van der Waals surface area contributed by atoms with Crippen LogP contribution in [0.2, 0.25) is 0 Å². The number of hydrogen-bond acceptors (Lipinski definition) is 3. The summed E-state index contributed by atoms with van der Waals surface area (Å²) in [5.41, 5.74) is 2.29. The molecule has 0 spiro atoms. The molecule has 3 nitrogen and oxygen atoms in total. The van der Waals surface area contributed by atoms with Crippen LogP contribution in [0.5, 0.6) is 0 Å². The molecule has 138 valence electrons. The fourth-order valence-electron chi connectivity index (χ4n) is 2.71. The number of ketones is 1. The first kappa shape index (κ1) is 20.8. The van der Waals surface area contributed by atoms with Crippen LogP contribution in [0, 0.1) is 0 Å². The highest BCUT2D eigenvalue weighted by molar-refractivity contribution is 9.10. The maximum absolute atomic E-state index is 12.3. The van der Waals surface area contributed by atoms with Gasteiger partial charge in [-0.25, -0.2) is 0 Å². The summed E-state index contributed by atoms with van der Waals surface area (Å²) >= 11 is 6.82. The summed E-state index contributed by atoms with van der Waals surface area (Å²) < 4.78 is 7.41. The van der Waals surface area contributed by atoms with Crippen molar-refractivity contribution in [2.45, 2.75) is 45.1 Å². The van der Waals surface area contributed by atoms with Gasteiger partial charge in [0.1, 0.15) is 11.9 Å². The molecule has 0 aromatic heterocycles. The highest BCUT2D eigenvalue weighted by atomic mass is 79.9. The van der Waals surface area contributed by atoms with E-state index in [9.17, 15) is 9.59 Å². The highest BCUT2D eigenvalue weighted by Gasteiger charge is 2.17. The zero-order valence-corrected chi connectivity index (χ0v) is 17.9. The average Bonchev–Trinajstić information content (AvgIpc) is 2.60. The molecule has 0 heterocycles. The molecule has 0 radical (unpaired) electrons. The van der Waals surface area contributed by atoms with Gasteiger partial charge < -0.3 is 4.74 Å². The Kier molecular flexibility index (Phi) is 8.52. The van der Waals surface area contributed by atoms with Crippen LogP contribution in [0.15, 0.2) is 57.5 Å². The predicted molar refractivity (Wildman–Crippen MR) is 110 cm³/mol. The van der Waals surface area contributed by atoms with Crippen molar-refractivity contribution < 1.29 is 14.3 Å². The van der Waals surface area contributed by atoms with Crippen LogP contribution in [0.3, 0.4) is 0 Å². The Hall–Kier alpha value is -1.46. The summed E-state index contributed by atoms with van der Waals surface area (Å²) in [6.07, 6.45) is 2.47. The molecule has 5 heteroatoms. The molecule has 0 aliphatic carbocycles. The molecule has 0 N–H and O–H groups in total. The van der Waals surface area contributed by atoms with Crippen molar-refractivity contribution in [2.24, 2.45) is 0 Å². The van der Waals surface area contributed by atoms with Crippen LogP contribution in [-0.4, -0.2) is 17.9 Å². The van der Waals surface area contributed by atoms with Gasteiger partial charge in [-0.05, 0) is 54.7 Å². The number of Topliss-reactive ketones (excluding diaryl/α,β-unsaturated/α-hetero) is 1. The van der Waals surface area contributed by atoms with E-state index in [0.717, 1.165) is 26.5 Å². The lowest BCUT2D eigenvalue weighted by Crippen LogP contribution is -2.21. The second kappa shape index (κ2) is 10.6. The molecule has 0 saturated carbocycles. The van der Waals surface area contributed by atoms with Crippen LogP contribution in [-0.2, 0) is 27.2 Å². The fraction of sp³-hybridized carbons (Fsp3) is 0.333. The molecule has 0 unspecified atom stereocenters. The zero-order chi connectivity index (χ0) is 18.9. The van der Waals surface area contributed by atoms with Crippen LogP contribution in [0.1, 0.15) is 37.3 Å². The van der Waals surface area contributed by atoms with E-state index < -0.39 is 0 Å². The lowest BCUT2D eigenvalue weighted by molar-refractivity contribution is -0.147. The maximum Gasteiger partial charge on any atom is 0.302 e. The molecular formula is C21H22Br2O3. The van der Waals surface area contributed by atoms with E-state index in [0.29, 0.717) is 19.3 Å². The zero-order valence-electron chi connectivity index (χ0n) is 14.7. The van der Waals surface area contributed by atoms with Gasteiger partial charge >= 0.3 is 5.97 Å². The summed E-state index contributed by atoms with van der Waals surface area (Å²) in [4.78, 5) is 23.7. The van der Waals surface area contributed by atoms with Gasteiger partial charge in [-0.1, -0.05) is 56.1 Å². The lowest BCUT2D eigenvalue weighted by Gasteiger charge is -2.16. The second-order valence-electron chi connectivity index (χ2n) is 6.27. The standard InChI is InChI=1S/C21H22Br2O3/c1-15(24)26-21(13-7-17-4-10-19(23)11-5-17)14-20(25)12-6-16-2-8-18(22)9-3-16/h2-5,8-11,21H,6-7,12-14H2,1H3/t21-/m0/s1. The van der Waals surface area contributed by atoms with E-state index in [1.54, 1.807) is 0 Å². The summed E-state index contributed by atoms with van der Waals surface area (Å²) in [6, 6.07) is 16.0. The van der Waals surface area contributed by atoms with Crippen molar-refractivity contribution >= 4 is 43.6 Å². The number of hydrogen-bond donors (Lipinski definition) is 0. The molecule has 0 saturated heterocycles. The molecule has 0 aliphatic heterocycles. The van der Waals surface area contributed by atoms with E-state index in [1.807, 2.05) is 48.5 Å². The Balaban J connectivity index is 1.85. The summed E-state index contributed by atoms with van der Waals surface area (Å²) in [6.45, 7) is 1.39. The minimum absolute atomic E-state index is 0.120. The first-order valence-corrected chi connectivity index (χ1v) is 10.2. The summed E-state index contributed by atoms with van der Waals surface area (Å²) in [7, 11) is 0. The van der Waals surface area contributed by atoms with Crippen molar-refractivity contribution in [1.29, 1.82) is 0 Å². The normalized spacial score (nSPS) is 11.8. The topological polar surface area (TPSA) is 43.4 Å². The number of ether oxygens (including phenoxy) is 1. The predicted octanol–water partition coefficient (Wildman–Crippen LogP) is 5.67. The molecule has 0 fully saturated rings. The molecule has 0 amide bonds. The molecular weight excluding hydrogens is 460 g/mol. The Morgan fingerprint density at radius 3 is 1.88 bits per heavy atom. The molecule has 2 rings (SSSR count). The number of carbonyl (C=O) groups is 2. The average molecular weight is 482 g/mol. The first-order valence-electron chi connectivity index (χ1n) is 8.60. The van der Waals surface area contributed by atoms with Crippen molar-refractivity contribution in [2.75, 3.05) is 0 Å². The van der Waals surface area contributed by atoms with Crippen molar-refractivity contribution in [1.82, 2.24) is 0 Å². The lowest BCUT2D eigenvalue weighted by atomic mass is 10.00. The van der Waals surface area contributed by atoms with E-state index in [1.165, 1.54) is 6.92 Å². The summed E-state index contributed by atoms with van der Waals surface area (Å²) in [5.74, 6) is -0.221. The number of rotatable bonds is 9. The van der Waals surface area contributed by atoms with Crippen LogP contribution in [0.4, 0.5) is 0 Å². The number of aryl methyl sites for hydroxylation is 2. The van der Waals surface area contributed by atoms with Crippen LogP contribution in [0.25, 0.3) is 0 Å². The largest absolute Gasteiger partial charge is 0.462 e. The van der Waals surface area contributed by atoms with Crippen molar-refractivity contribution in [3.05, 3.63) is 68.6 Å². The van der Waals surface area contributed by atoms with E-state index >= 15 is 0 Å². The third-order valence-corrected chi connectivity index (χ3v) is 5.12. The molecule has 0 aliphatic rings. The number of carbonyl (C=O) groups excluding carboxylic acids is 2. The van der Waals surface area contributed by atoms with E-state index in [2.05, 4.69) is 31.9 Å². The molecule has 1 atom stereocenters. The van der Waals surface area contributed by atoms with Gasteiger partial charge in [-0.15, -0.1) is 0 Å². The van der Waals surface area contributed by atoms with Gasteiger partial charge in [0.25, 0.3) is 0 Å². The number of halogens is 2. The smallest absolute Gasteiger partial charge is 0.302 e. The number of esters is 1. The highest BCUT2D eigenvalue weighted by Crippen LogP contribution is 2.17. The Labute approximate surface area is 171 Å². The third-order valence-electron chi connectivity index (χ3n) is 4.06. The Morgan fingerprint density at radius 2 is 1.38 bits per heavy atom. The Bertz CT molecular complexity index is 724. The maximum atomic E-state index is 12.3. The summed E-state index contributed by atoms with van der Waals surface area (Å²) in [5, 5.41) is 0. The van der Waals surface area contributed by atoms with Crippen LogP contribution < -0.4 is 0 Å². The quantitative estimate of drug-likeness (QED) is 0.433. The molecule has 0 bridgehead atoms. The molecule has 2 aromatic rings. The van der Waals surface area contributed by atoms with Gasteiger partial charge in [0.05, 0.1) is 0 Å². The molecule has 26 heavy (non-hydrogen) atoms. The van der Waals surface area contributed by atoms with Crippen LogP contribution >= 0.6 is 31.9 Å². The number of benzene rings is 2. The van der Waals surface area contributed by atoms with Crippen molar-refractivity contribution in [3.8, 4) is 0 Å². The first-order chi connectivity index (χ1) is 12.4. The SMILES string of the molecule is CC(=O)O[C@@H](CCc1ccc(Br)cc1)CC(=O)CCc1ccc(Br)cc1. The second-order valence-corrected chi connectivity index (χ2v) is 8.10. The van der Waals surface area contributed by atoms with Gasteiger partial charge in [0.2, 0.25) is 0 Å². The van der Waals surface area contributed by atoms with Gasteiger partial charge in [0, 0.05) is 28.7 Å². The third kappa shape index (κ3) is 7.83. The van der Waals surface area contributed by atoms with E-state index in [-0.39, 0.29) is 24.3 Å². The molecule has 2 aromatic carbocycles. The minimum atomic E-state index is -0.367. The van der Waals surface area contributed by atoms with Gasteiger partial charge in [0.15, 0.2) is 0 Å². The van der Waals surface area contributed by atoms with Gasteiger partial charge in [-0.3, -0.25) is 9.59 Å². The van der Waals surface area contributed by atoms with E-state index in [4.69, 9.17) is 4.74 Å². The van der Waals surface area contributed by atoms with Crippen molar-refractivity contribution in [3.63, 3.8) is 0 Å². The Morgan fingerprint density at radius 1 is 0.885 bits per heavy atom.